The van der Waals surface area contributed by atoms with Crippen LogP contribution in [0.3, 0.4) is 0 Å². The van der Waals surface area contributed by atoms with Gasteiger partial charge in [0.1, 0.15) is 5.71 Å². The van der Waals surface area contributed by atoms with E-state index < -0.39 is 18.0 Å². The predicted molar refractivity (Wildman–Crippen MR) is 87.9 cm³/mol. The van der Waals surface area contributed by atoms with Gasteiger partial charge in [-0.15, -0.1) is 0 Å². The topological polar surface area (TPSA) is 96.9 Å². The number of aryl methyl sites for hydroxylation is 1. The third kappa shape index (κ3) is 4.62. The average molecular weight is 382 g/mol. The molecule has 8 heteroatoms. The third-order valence-electron chi connectivity index (χ3n) is 3.18. The summed E-state index contributed by atoms with van der Waals surface area (Å²) in [5, 5.41) is 6.31. The Bertz CT molecular complexity index is 687. The molecule has 23 heavy (non-hydrogen) atoms. The van der Waals surface area contributed by atoms with Crippen LogP contribution in [0, 0.1) is 6.92 Å². The summed E-state index contributed by atoms with van der Waals surface area (Å²) in [6.45, 7) is 3.40. The van der Waals surface area contributed by atoms with Crippen molar-refractivity contribution in [2.24, 2.45) is 5.10 Å². The van der Waals surface area contributed by atoms with Crippen molar-refractivity contribution in [2.75, 3.05) is 5.32 Å². The number of carbonyl (C=O) groups is 3. The molecule has 1 heterocycles. The molecule has 2 N–H and O–H groups in total. The van der Waals surface area contributed by atoms with Gasteiger partial charge in [-0.25, -0.2) is 10.2 Å². The number of halogens is 1. The fourth-order valence-electron chi connectivity index (χ4n) is 1.86. The van der Waals surface area contributed by atoms with Crippen molar-refractivity contribution in [3.63, 3.8) is 0 Å². The lowest BCUT2D eigenvalue weighted by atomic mass is 10.2. The summed E-state index contributed by atoms with van der Waals surface area (Å²) in [7, 11) is 0. The van der Waals surface area contributed by atoms with E-state index in [1.54, 1.807) is 6.07 Å². The zero-order chi connectivity index (χ0) is 17.0. The van der Waals surface area contributed by atoms with Crippen molar-refractivity contribution in [1.82, 2.24) is 5.43 Å². The fraction of sp³-hybridized carbons (Fsp3) is 0.333. The molecule has 1 atom stereocenters. The quantitative estimate of drug-likeness (QED) is 0.778. The number of anilines is 1. The van der Waals surface area contributed by atoms with Gasteiger partial charge in [-0.05, 0) is 47.5 Å². The largest absolute Gasteiger partial charge is 0.448 e. The molecule has 2 amide bonds. The van der Waals surface area contributed by atoms with Crippen LogP contribution in [0.5, 0.6) is 0 Å². The Labute approximate surface area is 141 Å². The number of nitrogens with one attached hydrogen (secondary N) is 2. The molecule has 2 rings (SSSR count). The molecule has 0 saturated carbocycles. The van der Waals surface area contributed by atoms with Crippen LogP contribution in [0.2, 0.25) is 0 Å². The van der Waals surface area contributed by atoms with E-state index in [4.69, 9.17) is 4.74 Å². The fourth-order valence-corrected chi connectivity index (χ4v) is 2.45. The third-order valence-corrected chi connectivity index (χ3v) is 3.83. The summed E-state index contributed by atoms with van der Waals surface area (Å²) in [6, 6.07) is 5.48. The molecule has 1 aromatic carbocycles. The van der Waals surface area contributed by atoms with Crippen LogP contribution in [0.4, 0.5) is 5.69 Å². The van der Waals surface area contributed by atoms with Crippen LogP contribution in [-0.2, 0) is 19.1 Å². The number of ether oxygens (including phenoxy) is 1. The molecule has 122 valence electrons. The zero-order valence-corrected chi connectivity index (χ0v) is 14.3. The van der Waals surface area contributed by atoms with Crippen LogP contribution in [0.25, 0.3) is 0 Å². The number of hydrogen-bond donors (Lipinski definition) is 2. The van der Waals surface area contributed by atoms with Gasteiger partial charge in [-0.1, -0.05) is 6.07 Å². The van der Waals surface area contributed by atoms with Crippen LogP contribution in [0.15, 0.2) is 27.8 Å². The Morgan fingerprint density at radius 2 is 2.13 bits per heavy atom. The minimum Gasteiger partial charge on any atom is -0.448 e. The second-order valence-corrected chi connectivity index (χ2v) is 5.97. The van der Waals surface area contributed by atoms with Crippen molar-refractivity contribution >= 4 is 45.1 Å². The molecule has 0 aromatic heterocycles. The second kappa shape index (κ2) is 7.36. The summed E-state index contributed by atoms with van der Waals surface area (Å²) in [6.07, 6.45) is -0.621. The maximum absolute atomic E-state index is 12.1. The van der Waals surface area contributed by atoms with Crippen LogP contribution < -0.4 is 10.7 Å². The molecule has 1 aliphatic rings. The summed E-state index contributed by atoms with van der Waals surface area (Å²) in [5.41, 5.74) is 3.94. The highest BCUT2D eigenvalue weighted by molar-refractivity contribution is 9.10. The van der Waals surface area contributed by atoms with Crippen LogP contribution >= 0.6 is 15.9 Å². The standard InChI is InChI=1S/C15H16BrN3O4/c1-8-3-4-11(10(16)7-8)17-14(21)9(2)23-15(22)12-5-6-13(20)19-18-12/h3-4,7,9H,5-6H2,1-2H3,(H,17,21)(H,19,20)/t9-/m1/s1. The smallest absolute Gasteiger partial charge is 0.355 e. The molecule has 0 bridgehead atoms. The van der Waals surface area contributed by atoms with E-state index in [1.807, 2.05) is 19.1 Å². The summed E-state index contributed by atoms with van der Waals surface area (Å²) >= 11 is 3.36. The van der Waals surface area contributed by atoms with Crippen molar-refractivity contribution < 1.29 is 19.1 Å². The Morgan fingerprint density at radius 1 is 1.39 bits per heavy atom. The van der Waals surface area contributed by atoms with Gasteiger partial charge in [-0.3, -0.25) is 9.59 Å². The number of amides is 2. The average Bonchev–Trinajstić information content (AvgIpc) is 2.50. The molecule has 0 unspecified atom stereocenters. The SMILES string of the molecule is Cc1ccc(NC(=O)[C@@H](C)OC(=O)C2=NNC(=O)CC2)c(Br)c1. The van der Waals surface area contributed by atoms with E-state index in [0.717, 1.165) is 10.0 Å². The molecule has 7 nitrogen and oxygen atoms in total. The zero-order valence-electron chi connectivity index (χ0n) is 12.7. The lowest BCUT2D eigenvalue weighted by Gasteiger charge is -2.16. The predicted octanol–water partition coefficient (Wildman–Crippen LogP) is 1.89. The van der Waals surface area contributed by atoms with E-state index in [2.05, 4.69) is 31.8 Å². The van der Waals surface area contributed by atoms with Crippen molar-refractivity contribution in [2.45, 2.75) is 32.8 Å². The van der Waals surface area contributed by atoms with Crippen molar-refractivity contribution in [3.05, 3.63) is 28.2 Å². The van der Waals surface area contributed by atoms with E-state index in [9.17, 15) is 14.4 Å². The van der Waals surface area contributed by atoms with E-state index in [0.29, 0.717) is 5.69 Å². The van der Waals surface area contributed by atoms with Gasteiger partial charge in [0.25, 0.3) is 5.91 Å². The molecular weight excluding hydrogens is 366 g/mol. The number of carbonyl (C=O) groups excluding carboxylic acids is 3. The van der Waals surface area contributed by atoms with Crippen LogP contribution in [-0.4, -0.2) is 29.6 Å². The first-order chi connectivity index (χ1) is 10.9. The van der Waals surface area contributed by atoms with E-state index >= 15 is 0 Å². The van der Waals surface area contributed by atoms with Gasteiger partial charge in [0.05, 0.1) is 5.69 Å². The molecular formula is C15H16BrN3O4. The molecule has 0 saturated heterocycles. The first-order valence-electron chi connectivity index (χ1n) is 7.00. The van der Waals surface area contributed by atoms with E-state index in [-0.39, 0.29) is 24.5 Å². The number of hydrogen-bond acceptors (Lipinski definition) is 5. The van der Waals surface area contributed by atoms with Crippen molar-refractivity contribution in [1.29, 1.82) is 0 Å². The number of benzene rings is 1. The van der Waals surface area contributed by atoms with Gasteiger partial charge >= 0.3 is 5.97 Å². The minimum atomic E-state index is -0.990. The Morgan fingerprint density at radius 3 is 2.74 bits per heavy atom. The highest BCUT2D eigenvalue weighted by Crippen LogP contribution is 2.23. The number of rotatable bonds is 4. The molecule has 1 aliphatic heterocycles. The lowest BCUT2D eigenvalue weighted by molar-refractivity contribution is -0.146. The number of nitrogens with zero attached hydrogens (tertiary/aromatic N) is 1. The summed E-state index contributed by atoms with van der Waals surface area (Å²) in [4.78, 5) is 35.0. The Hall–Kier alpha value is -2.22. The Balaban J connectivity index is 1.94. The van der Waals surface area contributed by atoms with Gasteiger partial charge in [-0.2, -0.15) is 5.10 Å². The minimum absolute atomic E-state index is 0.0979. The van der Waals surface area contributed by atoms with Gasteiger partial charge < -0.3 is 10.1 Å². The first-order valence-corrected chi connectivity index (χ1v) is 7.79. The highest BCUT2D eigenvalue weighted by Gasteiger charge is 2.24. The molecule has 0 fully saturated rings. The molecule has 0 radical (unpaired) electrons. The van der Waals surface area contributed by atoms with Crippen molar-refractivity contribution in [3.8, 4) is 0 Å². The molecule has 0 aliphatic carbocycles. The number of esters is 1. The molecule has 0 spiro atoms. The van der Waals surface area contributed by atoms with Crippen LogP contribution in [0.1, 0.15) is 25.3 Å². The monoisotopic (exact) mass is 381 g/mol. The second-order valence-electron chi connectivity index (χ2n) is 5.11. The number of hydrazone groups is 1. The molecule has 1 aromatic rings. The van der Waals surface area contributed by atoms with E-state index in [1.165, 1.54) is 6.92 Å². The van der Waals surface area contributed by atoms with Gasteiger partial charge in [0.15, 0.2) is 6.10 Å². The normalized spacial score (nSPS) is 15.3. The summed E-state index contributed by atoms with van der Waals surface area (Å²) in [5.74, 6) is -1.42. The lowest BCUT2D eigenvalue weighted by Crippen LogP contribution is -2.35. The summed E-state index contributed by atoms with van der Waals surface area (Å²) < 4.78 is 5.81. The van der Waals surface area contributed by atoms with Gasteiger partial charge in [0.2, 0.25) is 5.91 Å². The highest BCUT2D eigenvalue weighted by atomic mass is 79.9. The van der Waals surface area contributed by atoms with Gasteiger partial charge in [0, 0.05) is 17.3 Å². The maximum Gasteiger partial charge on any atom is 0.355 e. The first kappa shape index (κ1) is 17.1. The Kier molecular flexibility index (Phi) is 5.49. The maximum atomic E-state index is 12.1.